The molecule has 0 aromatic heterocycles. The Bertz CT molecular complexity index is 366. The average Bonchev–Trinajstić information content (AvgIpc) is 2.18. The SMILES string of the molecule is CCOC1CC(Nc2ccc(Cl)cc2F)C1. The Labute approximate surface area is 99.7 Å². The minimum Gasteiger partial charge on any atom is -0.380 e. The molecule has 1 fully saturated rings. The van der Waals surface area contributed by atoms with Gasteiger partial charge in [-0.05, 0) is 38.0 Å². The van der Waals surface area contributed by atoms with Crippen molar-refractivity contribution in [3.05, 3.63) is 29.0 Å². The zero-order valence-electron chi connectivity index (χ0n) is 9.17. The second-order valence-electron chi connectivity index (χ2n) is 4.01. The first-order chi connectivity index (χ1) is 7.69. The van der Waals surface area contributed by atoms with Crippen LogP contribution in [0.25, 0.3) is 0 Å². The Hall–Kier alpha value is -0.800. The molecule has 88 valence electrons. The summed E-state index contributed by atoms with van der Waals surface area (Å²) < 4.78 is 18.9. The van der Waals surface area contributed by atoms with Gasteiger partial charge >= 0.3 is 0 Å². The number of hydrogen-bond acceptors (Lipinski definition) is 2. The number of ether oxygens (including phenoxy) is 1. The first-order valence-electron chi connectivity index (χ1n) is 5.52. The van der Waals surface area contributed by atoms with E-state index in [1.165, 1.54) is 6.07 Å². The van der Waals surface area contributed by atoms with Crippen LogP contribution in [0, 0.1) is 5.82 Å². The summed E-state index contributed by atoms with van der Waals surface area (Å²) in [6, 6.07) is 4.99. The molecule has 16 heavy (non-hydrogen) atoms. The van der Waals surface area contributed by atoms with Crippen LogP contribution in [0.15, 0.2) is 18.2 Å². The largest absolute Gasteiger partial charge is 0.380 e. The fraction of sp³-hybridized carbons (Fsp3) is 0.500. The van der Waals surface area contributed by atoms with E-state index >= 15 is 0 Å². The van der Waals surface area contributed by atoms with E-state index in [9.17, 15) is 4.39 Å². The summed E-state index contributed by atoms with van der Waals surface area (Å²) in [6.45, 7) is 2.73. The Balaban J connectivity index is 1.87. The fourth-order valence-corrected chi connectivity index (χ4v) is 2.04. The molecule has 0 aliphatic heterocycles. The average molecular weight is 244 g/mol. The lowest BCUT2D eigenvalue weighted by molar-refractivity contribution is 0.00293. The lowest BCUT2D eigenvalue weighted by atomic mass is 9.89. The third-order valence-corrected chi connectivity index (χ3v) is 3.02. The summed E-state index contributed by atoms with van der Waals surface area (Å²) in [5.74, 6) is -0.299. The van der Waals surface area contributed by atoms with Gasteiger partial charge in [0.15, 0.2) is 0 Å². The van der Waals surface area contributed by atoms with Crippen molar-refractivity contribution in [3.8, 4) is 0 Å². The van der Waals surface area contributed by atoms with Crippen LogP contribution in [0.2, 0.25) is 5.02 Å². The van der Waals surface area contributed by atoms with Gasteiger partial charge in [-0.3, -0.25) is 0 Å². The summed E-state index contributed by atoms with van der Waals surface area (Å²) in [5.41, 5.74) is 0.518. The van der Waals surface area contributed by atoms with Crippen molar-refractivity contribution in [3.63, 3.8) is 0 Å². The van der Waals surface area contributed by atoms with E-state index in [0.29, 0.717) is 22.9 Å². The van der Waals surface area contributed by atoms with Crippen LogP contribution < -0.4 is 5.32 Å². The summed E-state index contributed by atoms with van der Waals surface area (Å²) in [5, 5.41) is 3.57. The molecular formula is C12H15ClFNO. The molecular weight excluding hydrogens is 229 g/mol. The Morgan fingerprint density at radius 1 is 1.50 bits per heavy atom. The molecule has 0 bridgehead atoms. The van der Waals surface area contributed by atoms with Crippen LogP contribution in [0.3, 0.4) is 0 Å². The van der Waals surface area contributed by atoms with Crippen molar-refractivity contribution in [1.29, 1.82) is 0 Å². The first-order valence-corrected chi connectivity index (χ1v) is 5.90. The number of rotatable bonds is 4. The first kappa shape index (κ1) is 11.7. The normalized spacial score (nSPS) is 23.9. The highest BCUT2D eigenvalue weighted by atomic mass is 35.5. The van der Waals surface area contributed by atoms with E-state index in [0.717, 1.165) is 19.4 Å². The Morgan fingerprint density at radius 2 is 2.25 bits per heavy atom. The monoisotopic (exact) mass is 243 g/mol. The molecule has 1 N–H and O–H groups in total. The van der Waals surface area contributed by atoms with E-state index < -0.39 is 0 Å². The molecule has 1 aliphatic rings. The van der Waals surface area contributed by atoms with Gasteiger partial charge in [-0.1, -0.05) is 11.6 Å². The summed E-state index contributed by atoms with van der Waals surface area (Å²) in [4.78, 5) is 0. The standard InChI is InChI=1S/C12H15ClFNO/c1-2-16-10-6-9(7-10)15-12-4-3-8(13)5-11(12)14/h3-5,9-10,15H,2,6-7H2,1H3. The fourth-order valence-electron chi connectivity index (χ4n) is 1.88. The van der Waals surface area contributed by atoms with E-state index in [-0.39, 0.29) is 5.82 Å². The van der Waals surface area contributed by atoms with Gasteiger partial charge in [0, 0.05) is 17.7 Å². The number of halogens is 2. The highest BCUT2D eigenvalue weighted by Crippen LogP contribution is 2.28. The smallest absolute Gasteiger partial charge is 0.147 e. The molecule has 0 heterocycles. The van der Waals surface area contributed by atoms with E-state index in [2.05, 4.69) is 5.32 Å². The molecule has 0 radical (unpaired) electrons. The van der Waals surface area contributed by atoms with Gasteiger partial charge in [0.25, 0.3) is 0 Å². The highest BCUT2D eigenvalue weighted by Gasteiger charge is 2.29. The highest BCUT2D eigenvalue weighted by molar-refractivity contribution is 6.30. The predicted molar refractivity (Wildman–Crippen MR) is 63.5 cm³/mol. The molecule has 1 aromatic carbocycles. The van der Waals surface area contributed by atoms with Crippen LogP contribution in [-0.4, -0.2) is 18.8 Å². The van der Waals surface area contributed by atoms with Crippen molar-refractivity contribution in [2.24, 2.45) is 0 Å². The summed E-state index contributed by atoms with van der Waals surface area (Å²) in [6.07, 6.45) is 2.21. The lowest BCUT2D eigenvalue weighted by Gasteiger charge is -2.36. The van der Waals surface area contributed by atoms with Gasteiger partial charge in [0.1, 0.15) is 5.82 Å². The van der Waals surface area contributed by atoms with Crippen LogP contribution >= 0.6 is 11.6 Å². The molecule has 1 saturated carbocycles. The number of anilines is 1. The van der Waals surface area contributed by atoms with Crippen molar-refractivity contribution < 1.29 is 9.13 Å². The van der Waals surface area contributed by atoms with Crippen LogP contribution in [0.1, 0.15) is 19.8 Å². The second-order valence-corrected chi connectivity index (χ2v) is 4.45. The second kappa shape index (κ2) is 5.02. The van der Waals surface area contributed by atoms with E-state index in [4.69, 9.17) is 16.3 Å². The van der Waals surface area contributed by atoms with E-state index in [1.807, 2.05) is 6.92 Å². The Morgan fingerprint density at radius 3 is 2.88 bits per heavy atom. The molecule has 2 nitrogen and oxygen atoms in total. The van der Waals surface area contributed by atoms with Crippen LogP contribution in [0.5, 0.6) is 0 Å². The van der Waals surface area contributed by atoms with Crippen LogP contribution in [0.4, 0.5) is 10.1 Å². The number of benzene rings is 1. The van der Waals surface area contributed by atoms with Crippen molar-refractivity contribution in [1.82, 2.24) is 0 Å². The maximum Gasteiger partial charge on any atom is 0.147 e. The molecule has 0 saturated heterocycles. The van der Waals surface area contributed by atoms with Crippen molar-refractivity contribution in [2.45, 2.75) is 31.9 Å². The summed E-state index contributed by atoms with van der Waals surface area (Å²) >= 11 is 5.68. The zero-order chi connectivity index (χ0) is 11.5. The molecule has 4 heteroatoms. The molecule has 0 amide bonds. The molecule has 2 rings (SSSR count). The van der Waals surface area contributed by atoms with Gasteiger partial charge in [0.05, 0.1) is 11.8 Å². The molecule has 0 unspecified atom stereocenters. The van der Waals surface area contributed by atoms with Gasteiger partial charge < -0.3 is 10.1 Å². The third-order valence-electron chi connectivity index (χ3n) is 2.79. The number of nitrogens with one attached hydrogen (secondary N) is 1. The van der Waals surface area contributed by atoms with Gasteiger partial charge in [0.2, 0.25) is 0 Å². The maximum absolute atomic E-state index is 13.4. The lowest BCUT2D eigenvalue weighted by Crippen LogP contribution is -2.41. The summed E-state index contributed by atoms with van der Waals surface area (Å²) in [7, 11) is 0. The van der Waals surface area contributed by atoms with Crippen molar-refractivity contribution >= 4 is 17.3 Å². The quantitative estimate of drug-likeness (QED) is 0.875. The molecule has 1 aromatic rings. The molecule has 0 atom stereocenters. The van der Waals surface area contributed by atoms with Gasteiger partial charge in [-0.15, -0.1) is 0 Å². The third kappa shape index (κ3) is 2.66. The minimum atomic E-state index is -0.299. The topological polar surface area (TPSA) is 21.3 Å². The molecule has 0 spiro atoms. The van der Waals surface area contributed by atoms with Crippen molar-refractivity contribution in [2.75, 3.05) is 11.9 Å². The van der Waals surface area contributed by atoms with Gasteiger partial charge in [-0.2, -0.15) is 0 Å². The minimum absolute atomic E-state index is 0.299. The predicted octanol–water partition coefficient (Wildman–Crippen LogP) is 3.46. The van der Waals surface area contributed by atoms with Gasteiger partial charge in [-0.25, -0.2) is 4.39 Å². The molecule has 1 aliphatic carbocycles. The van der Waals surface area contributed by atoms with E-state index in [1.54, 1.807) is 12.1 Å². The Kier molecular flexibility index (Phi) is 3.66. The maximum atomic E-state index is 13.4. The number of hydrogen-bond donors (Lipinski definition) is 1. The zero-order valence-corrected chi connectivity index (χ0v) is 9.93. The van der Waals surface area contributed by atoms with Crippen LogP contribution in [-0.2, 0) is 4.74 Å².